The molecule has 1 heterocycles. The van der Waals surface area contributed by atoms with Gasteiger partial charge in [-0.1, -0.05) is 35.6 Å². The van der Waals surface area contributed by atoms with Crippen LogP contribution in [0.1, 0.15) is 23.1 Å². The number of benzene rings is 1. The summed E-state index contributed by atoms with van der Waals surface area (Å²) in [6.07, 6.45) is 1.78. The number of nitrogens with one attached hydrogen (secondary N) is 1. The molecular weight excluding hydrogens is 288 g/mol. The van der Waals surface area contributed by atoms with Gasteiger partial charge in [0.15, 0.2) is 0 Å². The van der Waals surface area contributed by atoms with Gasteiger partial charge in [-0.15, -0.1) is 0 Å². The molecule has 1 aromatic heterocycles. The Labute approximate surface area is 126 Å². The van der Waals surface area contributed by atoms with E-state index in [0.717, 1.165) is 35.3 Å². The first kappa shape index (κ1) is 14.2. The first-order valence-corrected chi connectivity index (χ1v) is 7.69. The third-order valence-corrected chi connectivity index (χ3v) is 5.00. The van der Waals surface area contributed by atoms with Gasteiger partial charge in [-0.25, -0.2) is 0 Å². The molecule has 21 heavy (non-hydrogen) atoms. The molecule has 1 aliphatic rings. The molecule has 0 saturated carbocycles. The quantitative estimate of drug-likeness (QED) is 0.657. The molecule has 2 N–H and O–H groups in total. The second-order valence-electron chi connectivity index (χ2n) is 5.30. The molecular formula is C15H16N2O3S. The lowest BCUT2D eigenvalue weighted by molar-refractivity contribution is -0.380. The van der Waals surface area contributed by atoms with Crippen molar-refractivity contribution < 1.29 is 10.0 Å². The average Bonchev–Trinajstić information content (AvgIpc) is 3.11. The number of rotatable bonds is 5. The van der Waals surface area contributed by atoms with Crippen molar-refractivity contribution in [3.8, 4) is 0 Å². The van der Waals surface area contributed by atoms with E-state index in [4.69, 9.17) is 0 Å². The van der Waals surface area contributed by atoms with Gasteiger partial charge in [0, 0.05) is 18.0 Å². The number of hydrogen-bond donors (Lipinski definition) is 2. The zero-order valence-electron chi connectivity index (χ0n) is 11.4. The van der Waals surface area contributed by atoms with E-state index in [1.807, 2.05) is 18.2 Å². The van der Waals surface area contributed by atoms with Crippen LogP contribution in [0, 0.1) is 10.1 Å². The summed E-state index contributed by atoms with van der Waals surface area (Å²) in [7, 11) is 0. The second kappa shape index (κ2) is 5.55. The Bertz CT molecular complexity index is 670. The normalized spacial score (nSPS) is 20.4. The summed E-state index contributed by atoms with van der Waals surface area (Å²) in [6.45, 7) is 0.537. The van der Waals surface area contributed by atoms with Crippen LogP contribution in [-0.4, -0.2) is 16.6 Å². The summed E-state index contributed by atoms with van der Waals surface area (Å²) < 4.78 is 0. The highest BCUT2D eigenvalue weighted by atomic mass is 32.1. The third-order valence-electron chi connectivity index (χ3n) is 4.07. The number of nitrogens with zero attached hydrogens (tertiary/aromatic N) is 1. The molecule has 0 aliphatic heterocycles. The first-order valence-electron chi connectivity index (χ1n) is 6.81. The molecule has 1 aromatic carbocycles. The lowest BCUT2D eigenvalue weighted by Crippen LogP contribution is -2.43. The minimum Gasteiger partial charge on any atom is -0.394 e. The van der Waals surface area contributed by atoms with Crippen molar-refractivity contribution in [2.45, 2.75) is 24.9 Å². The highest BCUT2D eigenvalue weighted by Gasteiger charge is 2.37. The Kier molecular flexibility index (Phi) is 3.75. The largest absolute Gasteiger partial charge is 0.394 e. The van der Waals surface area contributed by atoms with Crippen LogP contribution in [0.2, 0.25) is 0 Å². The van der Waals surface area contributed by atoms with Crippen LogP contribution in [0.4, 0.5) is 5.00 Å². The van der Waals surface area contributed by atoms with Gasteiger partial charge in [0.1, 0.15) is 0 Å². The average molecular weight is 304 g/mol. The molecule has 0 radical (unpaired) electrons. The fourth-order valence-corrected chi connectivity index (χ4v) is 3.64. The summed E-state index contributed by atoms with van der Waals surface area (Å²) in [5.41, 5.74) is 2.84. The van der Waals surface area contributed by atoms with Crippen LogP contribution in [0.3, 0.4) is 0 Å². The molecule has 1 atom stereocenters. The minimum absolute atomic E-state index is 0.0241. The Morgan fingerprint density at radius 1 is 1.43 bits per heavy atom. The first-order chi connectivity index (χ1) is 10.1. The summed E-state index contributed by atoms with van der Waals surface area (Å²) in [6, 6.07) is 9.70. The molecule has 0 spiro atoms. The van der Waals surface area contributed by atoms with Gasteiger partial charge in [0.05, 0.1) is 17.1 Å². The van der Waals surface area contributed by atoms with Gasteiger partial charge in [-0.2, -0.15) is 0 Å². The van der Waals surface area contributed by atoms with Gasteiger partial charge in [0.2, 0.25) is 0 Å². The molecule has 0 amide bonds. The number of fused-ring (bicyclic) bond motifs is 1. The molecule has 5 nitrogen and oxygen atoms in total. The molecule has 3 rings (SSSR count). The van der Waals surface area contributed by atoms with Crippen LogP contribution >= 0.6 is 11.3 Å². The number of aliphatic hydroxyl groups excluding tert-OH is 1. The van der Waals surface area contributed by atoms with Crippen molar-refractivity contribution in [1.82, 2.24) is 5.32 Å². The Balaban J connectivity index is 1.78. The zero-order chi connectivity index (χ0) is 14.9. The van der Waals surface area contributed by atoms with E-state index in [1.54, 1.807) is 11.4 Å². The van der Waals surface area contributed by atoms with Crippen LogP contribution in [-0.2, 0) is 18.5 Å². The molecule has 1 unspecified atom stereocenters. The molecule has 110 valence electrons. The molecule has 0 bridgehead atoms. The SMILES string of the molecule is O=[N+]([O-])c1cc(CNC2(CO)CCc3ccccc32)cs1. The maximum Gasteiger partial charge on any atom is 0.324 e. The highest BCUT2D eigenvalue weighted by molar-refractivity contribution is 7.13. The van der Waals surface area contributed by atoms with Crippen molar-refractivity contribution in [1.29, 1.82) is 0 Å². The van der Waals surface area contributed by atoms with E-state index in [-0.39, 0.29) is 16.5 Å². The predicted octanol–water partition coefficient (Wildman–Crippen LogP) is 2.58. The lowest BCUT2D eigenvalue weighted by atomic mass is 9.92. The van der Waals surface area contributed by atoms with Crippen LogP contribution in [0.25, 0.3) is 0 Å². The summed E-state index contributed by atoms with van der Waals surface area (Å²) >= 11 is 1.13. The van der Waals surface area contributed by atoms with E-state index in [2.05, 4.69) is 11.4 Å². The van der Waals surface area contributed by atoms with Crippen LogP contribution < -0.4 is 5.32 Å². The maximum absolute atomic E-state index is 10.7. The van der Waals surface area contributed by atoms with E-state index >= 15 is 0 Å². The molecule has 6 heteroatoms. The Hall–Kier alpha value is -1.76. The highest BCUT2D eigenvalue weighted by Crippen LogP contribution is 2.37. The Morgan fingerprint density at radius 2 is 2.24 bits per heavy atom. The summed E-state index contributed by atoms with van der Waals surface area (Å²) in [5, 5.41) is 25.9. The van der Waals surface area contributed by atoms with Crippen molar-refractivity contribution in [2.24, 2.45) is 0 Å². The minimum atomic E-state index is -0.437. The smallest absolute Gasteiger partial charge is 0.324 e. The van der Waals surface area contributed by atoms with Gasteiger partial charge in [-0.3, -0.25) is 10.1 Å². The molecule has 2 aromatic rings. The summed E-state index contributed by atoms with van der Waals surface area (Å²) in [4.78, 5) is 10.3. The van der Waals surface area contributed by atoms with Crippen LogP contribution in [0.5, 0.6) is 0 Å². The molecule has 0 saturated heterocycles. The van der Waals surface area contributed by atoms with E-state index in [9.17, 15) is 15.2 Å². The monoisotopic (exact) mass is 304 g/mol. The number of aliphatic hydroxyl groups is 1. The van der Waals surface area contributed by atoms with Gasteiger partial charge < -0.3 is 10.4 Å². The van der Waals surface area contributed by atoms with Gasteiger partial charge in [0.25, 0.3) is 0 Å². The van der Waals surface area contributed by atoms with E-state index in [1.165, 1.54) is 5.56 Å². The fraction of sp³-hybridized carbons (Fsp3) is 0.333. The number of nitro groups is 1. The van der Waals surface area contributed by atoms with Crippen molar-refractivity contribution in [3.63, 3.8) is 0 Å². The standard InChI is InChI=1S/C15H16N2O3S/c18-10-15(6-5-12-3-1-2-4-13(12)15)16-8-11-7-14(17(19)20)21-9-11/h1-4,7,9,16,18H,5-6,8,10H2. The Morgan fingerprint density at radius 3 is 2.95 bits per heavy atom. The molecule has 0 fully saturated rings. The summed E-state index contributed by atoms with van der Waals surface area (Å²) in [5.74, 6) is 0. The number of hydrogen-bond acceptors (Lipinski definition) is 5. The molecule has 1 aliphatic carbocycles. The maximum atomic E-state index is 10.7. The number of aryl methyl sites for hydroxylation is 1. The fourth-order valence-electron chi connectivity index (χ4n) is 2.91. The van der Waals surface area contributed by atoms with Crippen molar-refractivity contribution in [3.05, 3.63) is 62.5 Å². The lowest BCUT2D eigenvalue weighted by Gasteiger charge is -2.29. The van der Waals surface area contributed by atoms with E-state index < -0.39 is 5.54 Å². The van der Waals surface area contributed by atoms with Gasteiger partial charge >= 0.3 is 5.00 Å². The third kappa shape index (κ3) is 2.57. The van der Waals surface area contributed by atoms with Gasteiger partial charge in [-0.05, 0) is 29.5 Å². The second-order valence-corrected chi connectivity index (χ2v) is 6.19. The van der Waals surface area contributed by atoms with Crippen molar-refractivity contribution in [2.75, 3.05) is 6.61 Å². The zero-order valence-corrected chi connectivity index (χ0v) is 12.2. The van der Waals surface area contributed by atoms with E-state index in [0.29, 0.717) is 6.54 Å². The van der Waals surface area contributed by atoms with Crippen LogP contribution in [0.15, 0.2) is 35.7 Å². The predicted molar refractivity (Wildman–Crippen MR) is 81.3 cm³/mol. The topological polar surface area (TPSA) is 75.4 Å². The number of thiophene rings is 1. The van der Waals surface area contributed by atoms with Crippen molar-refractivity contribution >= 4 is 16.3 Å².